The number of halogens is 2. The molecule has 0 spiro atoms. The Morgan fingerprint density at radius 2 is 2.12 bits per heavy atom. The van der Waals surface area contributed by atoms with Crippen LogP contribution in [0.4, 0.5) is 0 Å². The van der Waals surface area contributed by atoms with Crippen molar-refractivity contribution in [3.8, 4) is 5.75 Å². The summed E-state index contributed by atoms with van der Waals surface area (Å²) in [5.41, 5.74) is 1.04. The van der Waals surface area contributed by atoms with Crippen LogP contribution in [0.15, 0.2) is 39.3 Å². The molecule has 0 saturated carbocycles. The lowest BCUT2D eigenvalue weighted by atomic mass is 10.3. The smallest absolute Gasteiger partial charge is 0.134 e. The van der Waals surface area contributed by atoms with E-state index in [1.54, 1.807) is 0 Å². The molecule has 17 heavy (non-hydrogen) atoms. The number of rotatable bonds is 6. The SMILES string of the molecule is C=C(CNC(C)C)COc1ccc(Br)cc1Br. The highest BCUT2D eigenvalue weighted by atomic mass is 79.9. The van der Waals surface area contributed by atoms with Crippen LogP contribution in [0, 0.1) is 0 Å². The van der Waals surface area contributed by atoms with E-state index >= 15 is 0 Å². The summed E-state index contributed by atoms with van der Waals surface area (Å²) in [6.45, 7) is 9.51. The molecule has 0 aliphatic rings. The Kier molecular flexibility index (Phi) is 6.23. The fourth-order valence-corrected chi connectivity index (χ4v) is 2.33. The zero-order valence-corrected chi connectivity index (χ0v) is 13.3. The number of nitrogens with one attached hydrogen (secondary N) is 1. The first-order valence-corrected chi connectivity index (χ1v) is 7.05. The standard InChI is InChI=1S/C13H17Br2NO/c1-9(2)16-7-10(3)8-17-13-5-4-11(14)6-12(13)15/h4-6,9,16H,3,7-8H2,1-2H3. The van der Waals surface area contributed by atoms with Crippen molar-refractivity contribution < 1.29 is 4.74 Å². The van der Waals surface area contributed by atoms with Gasteiger partial charge in [-0.05, 0) is 39.7 Å². The molecule has 0 amide bonds. The predicted octanol–water partition coefficient (Wildman–Crippen LogP) is 4.14. The monoisotopic (exact) mass is 361 g/mol. The van der Waals surface area contributed by atoms with Crippen LogP contribution in [0.1, 0.15) is 13.8 Å². The van der Waals surface area contributed by atoms with Gasteiger partial charge in [0.2, 0.25) is 0 Å². The molecule has 0 bridgehead atoms. The first kappa shape index (κ1) is 14.7. The number of hydrogen-bond donors (Lipinski definition) is 1. The summed E-state index contributed by atoms with van der Waals surface area (Å²) >= 11 is 6.86. The molecule has 0 unspecified atom stereocenters. The van der Waals surface area contributed by atoms with Gasteiger partial charge in [-0.1, -0.05) is 36.4 Å². The van der Waals surface area contributed by atoms with E-state index in [1.165, 1.54) is 0 Å². The maximum Gasteiger partial charge on any atom is 0.134 e. The first-order chi connectivity index (χ1) is 7.99. The van der Waals surface area contributed by atoms with E-state index < -0.39 is 0 Å². The van der Waals surface area contributed by atoms with Crippen LogP contribution in [-0.2, 0) is 0 Å². The minimum Gasteiger partial charge on any atom is -0.488 e. The summed E-state index contributed by atoms with van der Waals surface area (Å²) in [6, 6.07) is 6.31. The fraction of sp³-hybridized carbons (Fsp3) is 0.385. The topological polar surface area (TPSA) is 21.3 Å². The van der Waals surface area contributed by atoms with Crippen molar-refractivity contribution in [3.63, 3.8) is 0 Å². The van der Waals surface area contributed by atoms with Crippen LogP contribution < -0.4 is 10.1 Å². The molecule has 1 aromatic carbocycles. The second-order valence-electron chi connectivity index (χ2n) is 4.15. The van der Waals surface area contributed by atoms with Crippen LogP contribution in [0.3, 0.4) is 0 Å². The highest BCUT2D eigenvalue weighted by molar-refractivity contribution is 9.11. The highest BCUT2D eigenvalue weighted by Gasteiger charge is 2.03. The lowest BCUT2D eigenvalue weighted by Crippen LogP contribution is -2.26. The second kappa shape index (κ2) is 7.19. The van der Waals surface area contributed by atoms with Crippen molar-refractivity contribution >= 4 is 31.9 Å². The minimum absolute atomic E-state index is 0.464. The van der Waals surface area contributed by atoms with E-state index in [0.717, 1.165) is 26.8 Å². The highest BCUT2D eigenvalue weighted by Crippen LogP contribution is 2.28. The quantitative estimate of drug-likeness (QED) is 0.767. The molecule has 0 saturated heterocycles. The third-order valence-electron chi connectivity index (χ3n) is 2.09. The van der Waals surface area contributed by atoms with Crippen LogP contribution in [-0.4, -0.2) is 19.2 Å². The van der Waals surface area contributed by atoms with Gasteiger partial charge in [0, 0.05) is 17.1 Å². The Bertz CT molecular complexity index is 391. The molecule has 0 aromatic heterocycles. The Labute approximate surface area is 120 Å². The predicted molar refractivity (Wildman–Crippen MR) is 79.6 cm³/mol. The summed E-state index contributed by atoms with van der Waals surface area (Å²) < 4.78 is 7.64. The summed E-state index contributed by atoms with van der Waals surface area (Å²) in [6.07, 6.45) is 0. The molecule has 2 nitrogen and oxygen atoms in total. The molecule has 0 heterocycles. The van der Waals surface area contributed by atoms with Crippen LogP contribution >= 0.6 is 31.9 Å². The van der Waals surface area contributed by atoms with Crippen LogP contribution in [0.5, 0.6) is 5.75 Å². The lowest BCUT2D eigenvalue weighted by Gasteiger charge is -2.12. The van der Waals surface area contributed by atoms with Crippen molar-refractivity contribution in [2.24, 2.45) is 0 Å². The molecule has 0 aliphatic heterocycles. The number of ether oxygens (including phenoxy) is 1. The van der Waals surface area contributed by atoms with Gasteiger partial charge in [-0.2, -0.15) is 0 Å². The second-order valence-corrected chi connectivity index (χ2v) is 5.92. The van der Waals surface area contributed by atoms with E-state index in [0.29, 0.717) is 12.6 Å². The van der Waals surface area contributed by atoms with Crippen molar-refractivity contribution in [1.82, 2.24) is 5.32 Å². The zero-order valence-electron chi connectivity index (χ0n) is 10.1. The van der Waals surface area contributed by atoms with Crippen molar-refractivity contribution in [2.75, 3.05) is 13.2 Å². The molecule has 0 aliphatic carbocycles. The van der Waals surface area contributed by atoms with Gasteiger partial charge in [-0.3, -0.25) is 0 Å². The average molecular weight is 363 g/mol. The fourth-order valence-electron chi connectivity index (χ4n) is 1.17. The normalized spacial score (nSPS) is 10.6. The molecule has 94 valence electrons. The Hall–Kier alpha value is -0.320. The Morgan fingerprint density at radius 3 is 2.71 bits per heavy atom. The molecule has 0 fully saturated rings. The van der Waals surface area contributed by atoms with Gasteiger partial charge in [0.05, 0.1) is 4.47 Å². The van der Waals surface area contributed by atoms with E-state index in [9.17, 15) is 0 Å². The van der Waals surface area contributed by atoms with E-state index in [2.05, 4.69) is 57.6 Å². The van der Waals surface area contributed by atoms with Crippen LogP contribution in [0.25, 0.3) is 0 Å². The van der Waals surface area contributed by atoms with Crippen molar-refractivity contribution in [2.45, 2.75) is 19.9 Å². The zero-order chi connectivity index (χ0) is 12.8. The van der Waals surface area contributed by atoms with Gasteiger partial charge in [0.15, 0.2) is 0 Å². The molecular formula is C13H17Br2NO. The lowest BCUT2D eigenvalue weighted by molar-refractivity contribution is 0.345. The first-order valence-electron chi connectivity index (χ1n) is 5.47. The Balaban J connectivity index is 2.42. The number of benzene rings is 1. The van der Waals surface area contributed by atoms with Gasteiger partial charge < -0.3 is 10.1 Å². The number of hydrogen-bond acceptors (Lipinski definition) is 2. The van der Waals surface area contributed by atoms with Crippen molar-refractivity contribution in [3.05, 3.63) is 39.3 Å². The molecule has 1 N–H and O–H groups in total. The average Bonchev–Trinajstić information content (AvgIpc) is 2.25. The van der Waals surface area contributed by atoms with Gasteiger partial charge in [0.1, 0.15) is 12.4 Å². The van der Waals surface area contributed by atoms with Gasteiger partial charge in [-0.15, -0.1) is 0 Å². The van der Waals surface area contributed by atoms with E-state index in [4.69, 9.17) is 4.74 Å². The molecule has 4 heteroatoms. The van der Waals surface area contributed by atoms with E-state index in [-0.39, 0.29) is 0 Å². The van der Waals surface area contributed by atoms with Gasteiger partial charge in [-0.25, -0.2) is 0 Å². The summed E-state index contributed by atoms with van der Waals surface area (Å²) in [5.74, 6) is 0.832. The van der Waals surface area contributed by atoms with Crippen molar-refractivity contribution in [1.29, 1.82) is 0 Å². The molecule has 0 radical (unpaired) electrons. The molecular weight excluding hydrogens is 346 g/mol. The van der Waals surface area contributed by atoms with Gasteiger partial charge in [0.25, 0.3) is 0 Å². The molecule has 1 aromatic rings. The molecule has 0 atom stereocenters. The van der Waals surface area contributed by atoms with Gasteiger partial charge >= 0.3 is 0 Å². The largest absolute Gasteiger partial charge is 0.488 e. The third-order valence-corrected chi connectivity index (χ3v) is 3.20. The summed E-state index contributed by atoms with van der Waals surface area (Å²) in [5, 5.41) is 3.31. The van der Waals surface area contributed by atoms with E-state index in [1.807, 2.05) is 18.2 Å². The maximum absolute atomic E-state index is 5.68. The summed E-state index contributed by atoms with van der Waals surface area (Å²) in [4.78, 5) is 0. The maximum atomic E-state index is 5.68. The Morgan fingerprint density at radius 1 is 1.41 bits per heavy atom. The third kappa shape index (κ3) is 5.70. The van der Waals surface area contributed by atoms with Crippen LogP contribution in [0.2, 0.25) is 0 Å². The minimum atomic E-state index is 0.464. The molecule has 1 rings (SSSR count). The summed E-state index contributed by atoms with van der Waals surface area (Å²) in [7, 11) is 0.